The Morgan fingerprint density at radius 3 is 2.56 bits per heavy atom. The lowest BCUT2D eigenvalue weighted by molar-refractivity contribution is 0.590. The van der Waals surface area contributed by atoms with Crippen LogP contribution in [-0.4, -0.2) is 21.5 Å². The van der Waals surface area contributed by atoms with E-state index in [9.17, 15) is 8.42 Å². The Hall–Kier alpha value is -0.430. The van der Waals surface area contributed by atoms with Crippen molar-refractivity contribution in [3.8, 4) is 0 Å². The number of hydrogen-bond acceptors (Lipinski definition) is 4. The van der Waals surface area contributed by atoms with Crippen molar-refractivity contribution in [2.24, 2.45) is 0 Å². The molecule has 0 radical (unpaired) electrons. The molecular weight excluding hydrogens is 244 g/mol. The first kappa shape index (κ1) is 13.6. The number of aryl methyl sites for hydroxylation is 1. The minimum absolute atomic E-state index is 0.382. The standard InChI is InChI=1S/C10H18N2O2S2/c1-7(2)12-6-9-8(3)5-10(15-9)16(13,14)11-4/h5,7,11-12H,6H2,1-4H3. The Bertz CT molecular complexity index is 449. The molecule has 0 aliphatic carbocycles. The fraction of sp³-hybridized carbons (Fsp3) is 0.600. The van der Waals surface area contributed by atoms with Crippen molar-refractivity contribution < 1.29 is 8.42 Å². The van der Waals surface area contributed by atoms with Crippen molar-refractivity contribution in [2.45, 2.75) is 37.6 Å². The molecule has 0 aliphatic heterocycles. The molecule has 0 fully saturated rings. The van der Waals surface area contributed by atoms with E-state index in [1.807, 2.05) is 6.92 Å². The SMILES string of the molecule is CNS(=O)(=O)c1cc(C)c(CNC(C)C)s1. The van der Waals surface area contributed by atoms with Gasteiger partial charge in [0.25, 0.3) is 0 Å². The van der Waals surface area contributed by atoms with Crippen molar-refractivity contribution in [3.05, 3.63) is 16.5 Å². The zero-order chi connectivity index (χ0) is 12.3. The van der Waals surface area contributed by atoms with Crippen LogP contribution in [0.1, 0.15) is 24.3 Å². The second kappa shape index (κ2) is 5.27. The highest BCUT2D eigenvalue weighted by atomic mass is 32.2. The normalized spacial score (nSPS) is 12.3. The highest BCUT2D eigenvalue weighted by Crippen LogP contribution is 2.25. The molecule has 6 heteroatoms. The van der Waals surface area contributed by atoms with Crippen LogP contribution in [-0.2, 0) is 16.6 Å². The van der Waals surface area contributed by atoms with Crippen molar-refractivity contribution in [1.29, 1.82) is 0 Å². The van der Waals surface area contributed by atoms with Crippen molar-refractivity contribution in [2.75, 3.05) is 7.05 Å². The molecule has 1 rings (SSSR count). The first-order chi connectivity index (χ1) is 7.36. The quantitative estimate of drug-likeness (QED) is 0.844. The van der Waals surface area contributed by atoms with Crippen LogP contribution in [0, 0.1) is 6.92 Å². The molecule has 1 heterocycles. The third kappa shape index (κ3) is 3.28. The lowest BCUT2D eigenvalue weighted by Crippen LogP contribution is -2.21. The zero-order valence-corrected chi connectivity index (χ0v) is 11.6. The smallest absolute Gasteiger partial charge is 0.249 e. The van der Waals surface area contributed by atoms with Crippen molar-refractivity contribution in [1.82, 2.24) is 10.0 Å². The van der Waals surface area contributed by atoms with Crippen LogP contribution in [0.15, 0.2) is 10.3 Å². The maximum Gasteiger partial charge on any atom is 0.249 e. The van der Waals surface area contributed by atoms with Gasteiger partial charge in [0.1, 0.15) is 4.21 Å². The first-order valence-electron chi connectivity index (χ1n) is 5.13. The Kier molecular flexibility index (Phi) is 4.49. The van der Waals surface area contributed by atoms with Gasteiger partial charge in [-0.05, 0) is 25.6 Å². The number of thiophene rings is 1. The maximum atomic E-state index is 11.6. The van der Waals surface area contributed by atoms with E-state index in [-0.39, 0.29) is 0 Å². The molecule has 4 nitrogen and oxygen atoms in total. The summed E-state index contributed by atoms with van der Waals surface area (Å²) < 4.78 is 25.9. The molecular formula is C10H18N2O2S2. The number of hydrogen-bond donors (Lipinski definition) is 2. The van der Waals surface area contributed by atoms with E-state index >= 15 is 0 Å². The van der Waals surface area contributed by atoms with E-state index < -0.39 is 10.0 Å². The van der Waals surface area contributed by atoms with E-state index in [1.54, 1.807) is 6.07 Å². The van der Waals surface area contributed by atoms with Gasteiger partial charge in [-0.25, -0.2) is 13.1 Å². The summed E-state index contributed by atoms with van der Waals surface area (Å²) in [6.07, 6.45) is 0. The molecule has 92 valence electrons. The largest absolute Gasteiger partial charge is 0.310 e. The van der Waals surface area contributed by atoms with Crippen LogP contribution in [0.2, 0.25) is 0 Å². The highest BCUT2D eigenvalue weighted by Gasteiger charge is 2.16. The molecule has 0 aliphatic rings. The van der Waals surface area contributed by atoms with E-state index in [0.29, 0.717) is 16.8 Å². The van der Waals surface area contributed by atoms with Gasteiger partial charge >= 0.3 is 0 Å². The fourth-order valence-electron chi connectivity index (χ4n) is 1.19. The van der Waals surface area contributed by atoms with Crippen LogP contribution in [0.3, 0.4) is 0 Å². The van der Waals surface area contributed by atoms with Crippen molar-refractivity contribution in [3.63, 3.8) is 0 Å². The number of nitrogens with one attached hydrogen (secondary N) is 2. The van der Waals surface area contributed by atoms with Crippen LogP contribution < -0.4 is 10.0 Å². The molecule has 0 spiro atoms. The van der Waals surface area contributed by atoms with E-state index in [1.165, 1.54) is 18.4 Å². The van der Waals surface area contributed by atoms with Gasteiger partial charge in [-0.3, -0.25) is 0 Å². The predicted octanol–water partition coefficient (Wildman–Crippen LogP) is 1.46. The van der Waals surface area contributed by atoms with Gasteiger partial charge < -0.3 is 5.32 Å². The molecule has 0 aromatic carbocycles. The van der Waals surface area contributed by atoms with Gasteiger partial charge in [0.05, 0.1) is 0 Å². The summed E-state index contributed by atoms with van der Waals surface area (Å²) in [6.45, 7) is 6.78. The monoisotopic (exact) mass is 262 g/mol. The fourth-order valence-corrected chi connectivity index (χ4v) is 3.57. The Morgan fingerprint density at radius 2 is 2.06 bits per heavy atom. The first-order valence-corrected chi connectivity index (χ1v) is 7.43. The van der Waals surface area contributed by atoms with Crippen LogP contribution in [0.5, 0.6) is 0 Å². The van der Waals surface area contributed by atoms with E-state index in [2.05, 4.69) is 23.9 Å². The predicted molar refractivity (Wildman–Crippen MR) is 67.3 cm³/mol. The summed E-state index contributed by atoms with van der Waals surface area (Å²) in [5.41, 5.74) is 1.02. The van der Waals surface area contributed by atoms with Gasteiger partial charge in [0, 0.05) is 17.5 Å². The third-order valence-corrected chi connectivity index (χ3v) is 5.33. The van der Waals surface area contributed by atoms with E-state index in [0.717, 1.165) is 10.4 Å². The topological polar surface area (TPSA) is 58.2 Å². The average molecular weight is 262 g/mol. The summed E-state index contributed by atoms with van der Waals surface area (Å²) in [5, 5.41) is 3.28. The summed E-state index contributed by atoms with van der Waals surface area (Å²) in [4.78, 5) is 1.07. The van der Waals surface area contributed by atoms with Crippen LogP contribution >= 0.6 is 11.3 Å². The van der Waals surface area contributed by atoms with Crippen LogP contribution in [0.25, 0.3) is 0 Å². The van der Waals surface area contributed by atoms with Crippen LogP contribution in [0.4, 0.5) is 0 Å². The molecule has 1 aromatic heterocycles. The second-order valence-electron chi connectivity index (χ2n) is 3.91. The molecule has 16 heavy (non-hydrogen) atoms. The van der Waals surface area contributed by atoms with Gasteiger partial charge in [-0.15, -0.1) is 11.3 Å². The summed E-state index contributed by atoms with van der Waals surface area (Å²) in [6, 6.07) is 2.11. The number of sulfonamides is 1. The molecule has 0 bridgehead atoms. The zero-order valence-electron chi connectivity index (χ0n) is 9.99. The van der Waals surface area contributed by atoms with Gasteiger partial charge in [-0.1, -0.05) is 13.8 Å². The average Bonchev–Trinajstić information content (AvgIpc) is 2.57. The van der Waals surface area contributed by atoms with Crippen molar-refractivity contribution >= 4 is 21.4 Å². The Morgan fingerprint density at radius 1 is 1.44 bits per heavy atom. The maximum absolute atomic E-state index is 11.6. The van der Waals surface area contributed by atoms with Gasteiger partial charge in [-0.2, -0.15) is 0 Å². The summed E-state index contributed by atoms with van der Waals surface area (Å²) in [5.74, 6) is 0. The molecule has 0 atom stereocenters. The molecule has 2 N–H and O–H groups in total. The second-order valence-corrected chi connectivity index (χ2v) is 7.16. The molecule has 1 aromatic rings. The Labute approximate surface area is 101 Å². The minimum atomic E-state index is -3.30. The molecule has 0 saturated heterocycles. The molecule has 0 unspecified atom stereocenters. The highest BCUT2D eigenvalue weighted by molar-refractivity contribution is 7.91. The lowest BCUT2D eigenvalue weighted by Gasteiger charge is -2.06. The van der Waals surface area contributed by atoms with E-state index in [4.69, 9.17) is 0 Å². The lowest BCUT2D eigenvalue weighted by atomic mass is 10.3. The Balaban J connectivity index is 2.90. The van der Waals surface area contributed by atoms with Gasteiger partial charge in [0.15, 0.2) is 0 Å². The third-order valence-electron chi connectivity index (χ3n) is 2.20. The minimum Gasteiger partial charge on any atom is -0.310 e. The number of rotatable bonds is 5. The molecule has 0 saturated carbocycles. The molecule has 0 amide bonds. The summed E-state index contributed by atoms with van der Waals surface area (Å²) in [7, 11) is -1.87. The summed E-state index contributed by atoms with van der Waals surface area (Å²) >= 11 is 1.32. The van der Waals surface area contributed by atoms with Gasteiger partial charge in [0.2, 0.25) is 10.0 Å².